The van der Waals surface area contributed by atoms with Gasteiger partial charge in [0.25, 0.3) is 0 Å². The number of nitrogens with zero attached hydrogens (tertiary/aromatic N) is 4. The Morgan fingerprint density at radius 1 is 0.824 bits per heavy atom. The van der Waals surface area contributed by atoms with Crippen LogP contribution in [0.5, 0.6) is 0 Å². The van der Waals surface area contributed by atoms with Gasteiger partial charge in [-0.3, -0.25) is 4.98 Å². The van der Waals surface area contributed by atoms with Gasteiger partial charge >= 0.3 is 0 Å². The lowest BCUT2D eigenvalue weighted by atomic mass is 9.91. The molecule has 6 heteroatoms. The van der Waals surface area contributed by atoms with E-state index in [-0.39, 0.29) is 0 Å². The first-order chi connectivity index (χ1) is 16.7. The van der Waals surface area contributed by atoms with Gasteiger partial charge < -0.3 is 15.5 Å². The monoisotopic (exact) mass is 452 g/mol. The Bertz CT molecular complexity index is 1210. The van der Waals surface area contributed by atoms with Crippen LogP contribution in [-0.4, -0.2) is 41.1 Å². The highest BCUT2D eigenvalue weighted by molar-refractivity contribution is 5.90. The van der Waals surface area contributed by atoms with Crippen LogP contribution in [0.15, 0.2) is 72.9 Å². The quantitative estimate of drug-likeness (QED) is 0.398. The Hall–Kier alpha value is -3.51. The highest BCUT2D eigenvalue weighted by Gasteiger charge is 2.22. The van der Waals surface area contributed by atoms with Gasteiger partial charge in [0.05, 0.1) is 11.2 Å². The zero-order valence-electron chi connectivity index (χ0n) is 19.9. The topological polar surface area (TPSA) is 66.0 Å². The first-order valence-corrected chi connectivity index (χ1v) is 12.1. The van der Waals surface area contributed by atoms with E-state index in [2.05, 4.69) is 56.9 Å². The van der Waals surface area contributed by atoms with Gasteiger partial charge in [-0.25, -0.2) is 4.98 Å². The summed E-state index contributed by atoms with van der Waals surface area (Å²) in [5.41, 5.74) is 4.46. The number of anilines is 2. The first kappa shape index (κ1) is 22.3. The summed E-state index contributed by atoms with van der Waals surface area (Å²) in [5.74, 6) is 1.68. The Morgan fingerprint density at radius 2 is 1.56 bits per heavy atom. The molecule has 6 nitrogen and oxygen atoms in total. The number of aromatic nitrogens is 3. The minimum Gasteiger partial charge on any atom is -0.362 e. The van der Waals surface area contributed by atoms with Gasteiger partial charge in [0.15, 0.2) is 0 Å². The molecule has 0 spiro atoms. The normalized spacial score (nSPS) is 18.1. The van der Waals surface area contributed by atoms with Gasteiger partial charge in [-0.05, 0) is 55.5 Å². The van der Waals surface area contributed by atoms with Crippen LogP contribution in [0.2, 0.25) is 0 Å². The number of nitrogens with one attached hydrogen (secondary N) is 2. The molecule has 174 valence electrons. The third-order valence-corrected chi connectivity index (χ3v) is 6.58. The molecule has 0 aliphatic heterocycles. The average Bonchev–Trinajstić information content (AvgIpc) is 2.88. The van der Waals surface area contributed by atoms with Crippen LogP contribution in [0.3, 0.4) is 0 Å². The van der Waals surface area contributed by atoms with E-state index in [0.717, 1.165) is 66.2 Å². The number of hydrogen-bond acceptors (Lipinski definition) is 6. The van der Waals surface area contributed by atoms with E-state index in [9.17, 15) is 0 Å². The van der Waals surface area contributed by atoms with E-state index in [4.69, 9.17) is 9.97 Å². The Balaban J connectivity index is 1.14. The molecule has 2 heterocycles. The SMILES string of the molecule is CN(C)c1nc(N[C@H]2CC[C@@H](NCc3ccc(-c4ccccn4)cc3)CC2)nc2ccccc12. The molecule has 4 aromatic rings. The van der Waals surface area contributed by atoms with Crippen molar-refractivity contribution in [2.75, 3.05) is 24.3 Å². The molecule has 0 saturated heterocycles. The first-order valence-electron chi connectivity index (χ1n) is 12.1. The molecule has 0 atom stereocenters. The van der Waals surface area contributed by atoms with E-state index in [1.807, 2.05) is 50.6 Å². The standard InChI is InChI=1S/C28H32N6/c1-34(2)27-24-7-3-4-9-26(24)32-28(33-27)31-23-16-14-22(15-17-23)30-19-20-10-12-21(13-11-20)25-8-5-6-18-29-25/h3-13,18,22-23,30H,14-17,19H2,1-2H3,(H,31,32,33)/t22-,23+. The van der Waals surface area contributed by atoms with Crippen LogP contribution >= 0.6 is 0 Å². The van der Waals surface area contributed by atoms with Crippen molar-refractivity contribution in [1.29, 1.82) is 0 Å². The molecule has 0 bridgehead atoms. The molecule has 1 fully saturated rings. The molecular formula is C28H32N6. The molecule has 0 radical (unpaired) electrons. The molecule has 2 aromatic heterocycles. The molecule has 1 aliphatic carbocycles. The Labute approximate surface area is 201 Å². The number of benzene rings is 2. The number of fused-ring (bicyclic) bond motifs is 1. The fourth-order valence-corrected chi connectivity index (χ4v) is 4.68. The van der Waals surface area contributed by atoms with Crippen molar-refractivity contribution >= 4 is 22.7 Å². The second-order valence-corrected chi connectivity index (χ2v) is 9.27. The zero-order chi connectivity index (χ0) is 23.3. The summed E-state index contributed by atoms with van der Waals surface area (Å²) in [6.45, 7) is 0.894. The van der Waals surface area contributed by atoms with E-state index in [1.165, 1.54) is 5.56 Å². The van der Waals surface area contributed by atoms with Crippen LogP contribution in [0.1, 0.15) is 31.2 Å². The number of para-hydroxylation sites is 1. The average molecular weight is 453 g/mol. The summed E-state index contributed by atoms with van der Waals surface area (Å²) in [4.78, 5) is 16.1. The lowest BCUT2D eigenvalue weighted by molar-refractivity contribution is 0.352. The maximum Gasteiger partial charge on any atom is 0.225 e. The molecule has 0 amide bonds. The highest BCUT2D eigenvalue weighted by Crippen LogP contribution is 2.26. The van der Waals surface area contributed by atoms with Crippen LogP contribution in [0.25, 0.3) is 22.2 Å². The predicted molar refractivity (Wildman–Crippen MR) is 140 cm³/mol. The number of pyridine rings is 1. The zero-order valence-corrected chi connectivity index (χ0v) is 19.9. The van der Waals surface area contributed by atoms with E-state index < -0.39 is 0 Å². The lowest BCUT2D eigenvalue weighted by Gasteiger charge is -2.30. The second-order valence-electron chi connectivity index (χ2n) is 9.27. The number of hydrogen-bond donors (Lipinski definition) is 2. The lowest BCUT2D eigenvalue weighted by Crippen LogP contribution is -2.37. The van der Waals surface area contributed by atoms with Gasteiger partial charge in [0, 0.05) is 49.9 Å². The van der Waals surface area contributed by atoms with Gasteiger partial charge in [-0.2, -0.15) is 4.98 Å². The minimum atomic E-state index is 0.409. The smallest absolute Gasteiger partial charge is 0.225 e. The summed E-state index contributed by atoms with van der Waals surface area (Å²) < 4.78 is 0. The van der Waals surface area contributed by atoms with E-state index >= 15 is 0 Å². The van der Waals surface area contributed by atoms with Crippen molar-refractivity contribution in [2.45, 2.75) is 44.3 Å². The van der Waals surface area contributed by atoms with Crippen LogP contribution < -0.4 is 15.5 Å². The molecule has 0 unspecified atom stereocenters. The van der Waals surface area contributed by atoms with Gasteiger partial charge in [-0.1, -0.05) is 42.5 Å². The summed E-state index contributed by atoms with van der Waals surface area (Å²) in [6.07, 6.45) is 6.37. The summed E-state index contributed by atoms with van der Waals surface area (Å²) in [7, 11) is 4.06. The van der Waals surface area contributed by atoms with Crippen molar-refractivity contribution in [3.05, 3.63) is 78.5 Å². The molecule has 5 rings (SSSR count). The minimum absolute atomic E-state index is 0.409. The van der Waals surface area contributed by atoms with Crippen molar-refractivity contribution in [1.82, 2.24) is 20.3 Å². The van der Waals surface area contributed by atoms with Crippen molar-refractivity contribution in [3.63, 3.8) is 0 Å². The van der Waals surface area contributed by atoms with Crippen molar-refractivity contribution in [3.8, 4) is 11.3 Å². The maximum absolute atomic E-state index is 4.80. The molecule has 1 saturated carbocycles. The summed E-state index contributed by atoms with van der Waals surface area (Å²) in [6, 6.07) is 23.9. The van der Waals surface area contributed by atoms with Crippen molar-refractivity contribution in [2.24, 2.45) is 0 Å². The fraction of sp³-hybridized carbons (Fsp3) is 0.321. The molecule has 1 aliphatic rings. The highest BCUT2D eigenvalue weighted by atomic mass is 15.2. The van der Waals surface area contributed by atoms with Crippen molar-refractivity contribution < 1.29 is 0 Å². The third-order valence-electron chi connectivity index (χ3n) is 6.58. The van der Waals surface area contributed by atoms with Crippen LogP contribution in [-0.2, 0) is 6.54 Å². The van der Waals surface area contributed by atoms with Crippen LogP contribution in [0, 0.1) is 0 Å². The van der Waals surface area contributed by atoms with E-state index in [0.29, 0.717) is 12.1 Å². The second kappa shape index (κ2) is 10.2. The molecular weight excluding hydrogens is 420 g/mol. The summed E-state index contributed by atoms with van der Waals surface area (Å²) >= 11 is 0. The fourth-order valence-electron chi connectivity index (χ4n) is 4.68. The van der Waals surface area contributed by atoms with Gasteiger partial charge in [-0.15, -0.1) is 0 Å². The third kappa shape index (κ3) is 5.18. The van der Waals surface area contributed by atoms with E-state index in [1.54, 1.807) is 0 Å². The Kier molecular flexibility index (Phi) is 6.67. The van der Waals surface area contributed by atoms with Gasteiger partial charge in [0.1, 0.15) is 5.82 Å². The molecule has 34 heavy (non-hydrogen) atoms. The predicted octanol–water partition coefficient (Wildman–Crippen LogP) is 5.27. The molecule has 2 N–H and O–H groups in total. The maximum atomic E-state index is 4.80. The largest absolute Gasteiger partial charge is 0.362 e. The van der Waals surface area contributed by atoms with Gasteiger partial charge in [0.2, 0.25) is 5.95 Å². The summed E-state index contributed by atoms with van der Waals surface area (Å²) in [5, 5.41) is 8.43. The number of rotatable bonds is 7. The Morgan fingerprint density at radius 3 is 2.29 bits per heavy atom. The van der Waals surface area contributed by atoms with Crippen LogP contribution in [0.4, 0.5) is 11.8 Å². The molecule has 2 aromatic carbocycles.